The van der Waals surface area contributed by atoms with Crippen molar-refractivity contribution in [1.82, 2.24) is 5.32 Å². The van der Waals surface area contributed by atoms with Crippen molar-refractivity contribution in [2.45, 2.75) is 38.0 Å². The molecule has 1 fully saturated rings. The number of methoxy groups -OCH3 is 1. The molecule has 0 aromatic heterocycles. The summed E-state index contributed by atoms with van der Waals surface area (Å²) < 4.78 is 16.1. The third kappa shape index (κ3) is 3.35. The number of rotatable bonds is 5. The van der Waals surface area contributed by atoms with Crippen LogP contribution in [0.15, 0.2) is 35.8 Å². The maximum Gasteiger partial charge on any atom is 0.289 e. The maximum absolute atomic E-state index is 12.4. The predicted molar refractivity (Wildman–Crippen MR) is 90.8 cm³/mol. The number of carbonyl (C=O) groups is 1. The zero-order valence-electron chi connectivity index (χ0n) is 14.4. The number of ether oxygens (including phenoxy) is 3. The second-order valence-corrected chi connectivity index (χ2v) is 6.48. The Bertz CT molecular complexity index is 615. The van der Waals surface area contributed by atoms with E-state index in [0.29, 0.717) is 31.3 Å². The molecule has 0 bridgehead atoms. The van der Waals surface area contributed by atoms with Crippen molar-refractivity contribution in [3.8, 4) is 5.75 Å². The highest BCUT2D eigenvalue weighted by molar-refractivity contribution is 5.92. The highest BCUT2D eigenvalue weighted by Crippen LogP contribution is 2.41. The number of carbonyl (C=O) groups excluding carboxylic acids is 1. The van der Waals surface area contributed by atoms with E-state index in [0.717, 1.165) is 18.6 Å². The molecule has 0 spiro atoms. The molecule has 1 aliphatic heterocycles. The van der Waals surface area contributed by atoms with E-state index < -0.39 is 0 Å². The fourth-order valence-corrected chi connectivity index (χ4v) is 3.62. The van der Waals surface area contributed by atoms with Gasteiger partial charge in [0.05, 0.1) is 7.11 Å². The van der Waals surface area contributed by atoms with Crippen LogP contribution in [0.1, 0.15) is 38.2 Å². The summed E-state index contributed by atoms with van der Waals surface area (Å²) in [4.78, 5) is 12.4. The molecule has 0 radical (unpaired) electrons. The molecule has 1 amide bonds. The van der Waals surface area contributed by atoms with Gasteiger partial charge in [-0.15, -0.1) is 0 Å². The van der Waals surface area contributed by atoms with E-state index in [9.17, 15) is 4.79 Å². The van der Waals surface area contributed by atoms with Crippen LogP contribution in [0.2, 0.25) is 0 Å². The van der Waals surface area contributed by atoms with Gasteiger partial charge in [0.25, 0.3) is 5.91 Å². The first-order valence-corrected chi connectivity index (χ1v) is 8.54. The van der Waals surface area contributed by atoms with Crippen LogP contribution in [0.3, 0.4) is 0 Å². The van der Waals surface area contributed by atoms with E-state index in [1.165, 1.54) is 18.4 Å². The quantitative estimate of drug-likeness (QED) is 0.901. The minimum Gasteiger partial charge on any atom is -0.497 e. The van der Waals surface area contributed by atoms with E-state index in [1.54, 1.807) is 14.0 Å². The van der Waals surface area contributed by atoms with E-state index in [2.05, 4.69) is 17.4 Å². The van der Waals surface area contributed by atoms with Gasteiger partial charge in [0, 0.05) is 12.0 Å². The highest BCUT2D eigenvalue weighted by atomic mass is 16.6. The molecule has 0 saturated heterocycles. The van der Waals surface area contributed by atoms with E-state index in [-0.39, 0.29) is 11.3 Å². The first-order chi connectivity index (χ1) is 11.6. The Kier molecular flexibility index (Phi) is 4.97. The van der Waals surface area contributed by atoms with Crippen LogP contribution in [0.4, 0.5) is 0 Å². The lowest BCUT2D eigenvalue weighted by Crippen LogP contribution is -2.40. The summed E-state index contributed by atoms with van der Waals surface area (Å²) in [6.07, 6.45) is 4.52. The van der Waals surface area contributed by atoms with Crippen LogP contribution in [0, 0.1) is 0 Å². The molecule has 5 heteroatoms. The van der Waals surface area contributed by atoms with Crippen LogP contribution >= 0.6 is 0 Å². The zero-order valence-corrected chi connectivity index (χ0v) is 14.4. The summed E-state index contributed by atoms with van der Waals surface area (Å²) in [7, 11) is 1.67. The molecule has 1 aliphatic carbocycles. The number of nitrogens with one attached hydrogen (secondary N) is 1. The zero-order chi connectivity index (χ0) is 17.0. The molecular formula is C19H25NO4. The van der Waals surface area contributed by atoms with Crippen molar-refractivity contribution < 1.29 is 19.0 Å². The fourth-order valence-electron chi connectivity index (χ4n) is 3.62. The van der Waals surface area contributed by atoms with Gasteiger partial charge in [-0.2, -0.15) is 0 Å². The van der Waals surface area contributed by atoms with Gasteiger partial charge in [0.1, 0.15) is 24.7 Å². The van der Waals surface area contributed by atoms with Gasteiger partial charge < -0.3 is 19.5 Å². The van der Waals surface area contributed by atoms with E-state index >= 15 is 0 Å². The number of amides is 1. The van der Waals surface area contributed by atoms with Crippen LogP contribution in [0.25, 0.3) is 0 Å². The third-order valence-corrected chi connectivity index (χ3v) is 5.02. The van der Waals surface area contributed by atoms with Gasteiger partial charge in [0.2, 0.25) is 5.76 Å². The lowest BCUT2D eigenvalue weighted by molar-refractivity contribution is -0.123. The summed E-state index contributed by atoms with van der Waals surface area (Å²) in [5, 5.41) is 3.06. The summed E-state index contributed by atoms with van der Waals surface area (Å²) in [6, 6.07) is 8.20. The summed E-state index contributed by atoms with van der Waals surface area (Å²) in [5.74, 6) is 1.53. The number of hydrogen-bond donors (Lipinski definition) is 1. The Labute approximate surface area is 143 Å². The van der Waals surface area contributed by atoms with Crippen molar-refractivity contribution in [3.63, 3.8) is 0 Å². The maximum atomic E-state index is 12.4. The number of hydrogen-bond acceptors (Lipinski definition) is 4. The predicted octanol–water partition coefficient (Wildman–Crippen LogP) is 2.90. The van der Waals surface area contributed by atoms with Crippen molar-refractivity contribution >= 4 is 5.91 Å². The lowest BCUT2D eigenvalue weighted by atomic mass is 9.78. The second kappa shape index (κ2) is 7.16. The standard InChI is InChI=1S/C19H25NO4/c1-14-17(24-12-11-23-14)18(21)20-13-19(9-3-4-10-19)15-5-7-16(22-2)8-6-15/h5-8H,3-4,9-13H2,1-2H3,(H,20,21). The molecule has 5 nitrogen and oxygen atoms in total. The molecule has 24 heavy (non-hydrogen) atoms. The molecule has 1 aromatic rings. The van der Waals surface area contributed by atoms with E-state index in [1.807, 2.05) is 12.1 Å². The van der Waals surface area contributed by atoms with Crippen LogP contribution in [-0.4, -0.2) is 32.8 Å². The summed E-state index contributed by atoms with van der Waals surface area (Å²) in [6.45, 7) is 3.29. The smallest absolute Gasteiger partial charge is 0.289 e. The van der Waals surface area contributed by atoms with Crippen molar-refractivity contribution in [2.75, 3.05) is 26.9 Å². The van der Waals surface area contributed by atoms with Gasteiger partial charge in [-0.05, 0) is 37.5 Å². The Morgan fingerprint density at radius 1 is 1.17 bits per heavy atom. The van der Waals surface area contributed by atoms with Crippen molar-refractivity contribution in [1.29, 1.82) is 0 Å². The molecule has 0 atom stereocenters. The minimum absolute atomic E-state index is 0.00802. The summed E-state index contributed by atoms with van der Waals surface area (Å²) >= 11 is 0. The normalized spacial score (nSPS) is 19.4. The summed E-state index contributed by atoms with van der Waals surface area (Å²) in [5.41, 5.74) is 1.25. The van der Waals surface area contributed by atoms with Crippen LogP contribution < -0.4 is 10.1 Å². The molecule has 2 aliphatic rings. The van der Waals surface area contributed by atoms with Crippen molar-refractivity contribution in [2.24, 2.45) is 0 Å². The molecule has 3 rings (SSSR count). The van der Waals surface area contributed by atoms with Gasteiger partial charge >= 0.3 is 0 Å². The molecule has 130 valence electrons. The Morgan fingerprint density at radius 3 is 2.46 bits per heavy atom. The molecule has 1 saturated carbocycles. The molecule has 1 aromatic carbocycles. The number of benzene rings is 1. The SMILES string of the molecule is COc1ccc(C2(CNC(=O)C3=C(C)OCCO3)CCCC2)cc1. The first-order valence-electron chi connectivity index (χ1n) is 8.54. The molecule has 1 N–H and O–H groups in total. The Balaban J connectivity index is 1.73. The highest BCUT2D eigenvalue weighted by Gasteiger charge is 2.36. The van der Waals surface area contributed by atoms with Gasteiger partial charge in [0.15, 0.2) is 0 Å². The van der Waals surface area contributed by atoms with Gasteiger partial charge in [-0.25, -0.2) is 0 Å². The van der Waals surface area contributed by atoms with Gasteiger partial charge in [-0.1, -0.05) is 25.0 Å². The van der Waals surface area contributed by atoms with Crippen molar-refractivity contribution in [3.05, 3.63) is 41.3 Å². The van der Waals surface area contributed by atoms with Crippen LogP contribution in [-0.2, 0) is 19.7 Å². The Hall–Kier alpha value is -2.17. The largest absolute Gasteiger partial charge is 0.497 e. The molecule has 1 heterocycles. The second-order valence-electron chi connectivity index (χ2n) is 6.48. The van der Waals surface area contributed by atoms with E-state index in [4.69, 9.17) is 14.2 Å². The van der Waals surface area contributed by atoms with Gasteiger partial charge in [-0.3, -0.25) is 4.79 Å². The fraction of sp³-hybridized carbons (Fsp3) is 0.526. The lowest BCUT2D eigenvalue weighted by Gasteiger charge is -2.30. The average Bonchev–Trinajstić information content (AvgIpc) is 3.10. The topological polar surface area (TPSA) is 56.8 Å². The molecular weight excluding hydrogens is 306 g/mol. The molecule has 0 unspecified atom stereocenters. The Morgan fingerprint density at radius 2 is 1.83 bits per heavy atom. The monoisotopic (exact) mass is 331 g/mol. The average molecular weight is 331 g/mol. The van der Waals surface area contributed by atoms with Crippen LogP contribution in [0.5, 0.6) is 5.75 Å². The third-order valence-electron chi connectivity index (χ3n) is 5.02. The first kappa shape index (κ1) is 16.7. The minimum atomic E-state index is -0.188. The number of allylic oxidation sites excluding steroid dienone is 1.